The van der Waals surface area contributed by atoms with Gasteiger partial charge in [-0.05, 0) is 44.9 Å². The summed E-state index contributed by atoms with van der Waals surface area (Å²) >= 11 is 0. The van der Waals surface area contributed by atoms with Gasteiger partial charge in [0.25, 0.3) is 0 Å². The Balaban J connectivity index is 1.70. The summed E-state index contributed by atoms with van der Waals surface area (Å²) in [6.45, 7) is 3.70. The van der Waals surface area contributed by atoms with Crippen molar-refractivity contribution in [3.05, 3.63) is 23.8 Å². The van der Waals surface area contributed by atoms with Gasteiger partial charge in [-0.15, -0.1) is 6.58 Å². The molecule has 3 fully saturated rings. The number of hydrogen-bond donors (Lipinski definition) is 0. The van der Waals surface area contributed by atoms with Gasteiger partial charge in [0, 0.05) is 18.5 Å². The van der Waals surface area contributed by atoms with Crippen LogP contribution in [0.4, 0.5) is 0 Å². The van der Waals surface area contributed by atoms with Crippen LogP contribution in [0.3, 0.4) is 0 Å². The number of allylic oxidation sites excluding steroid dienone is 2. The van der Waals surface area contributed by atoms with E-state index in [0.29, 0.717) is 24.4 Å². The van der Waals surface area contributed by atoms with Crippen molar-refractivity contribution in [3.63, 3.8) is 0 Å². The molecule has 2 bridgehead atoms. The number of fused-ring (bicyclic) bond motifs is 2. The van der Waals surface area contributed by atoms with E-state index >= 15 is 0 Å². The van der Waals surface area contributed by atoms with Crippen molar-refractivity contribution in [2.75, 3.05) is 0 Å². The van der Waals surface area contributed by atoms with Gasteiger partial charge in [-0.3, -0.25) is 4.79 Å². The lowest BCUT2D eigenvalue weighted by Gasteiger charge is -2.36. The highest BCUT2D eigenvalue weighted by Gasteiger charge is 2.42. The molecule has 3 rings (SSSR count). The van der Waals surface area contributed by atoms with E-state index in [2.05, 4.69) is 11.5 Å². The molecule has 17 heavy (non-hydrogen) atoms. The van der Waals surface area contributed by atoms with E-state index in [1.807, 2.05) is 6.08 Å². The minimum Gasteiger partial charge on any atom is -0.336 e. The first-order valence-electron chi connectivity index (χ1n) is 6.91. The first kappa shape index (κ1) is 11.1. The van der Waals surface area contributed by atoms with E-state index in [4.69, 9.17) is 0 Å². The largest absolute Gasteiger partial charge is 0.336 e. The van der Waals surface area contributed by atoms with E-state index < -0.39 is 0 Å². The van der Waals surface area contributed by atoms with E-state index in [0.717, 1.165) is 6.42 Å². The zero-order valence-electron chi connectivity index (χ0n) is 10.5. The van der Waals surface area contributed by atoms with Crippen LogP contribution in [0, 0.1) is 0 Å². The first-order chi connectivity index (χ1) is 8.29. The number of amides is 1. The third-order valence-electron chi connectivity index (χ3n) is 4.43. The molecular weight excluding hydrogens is 210 g/mol. The number of nitrogens with zero attached hydrogens (tertiary/aromatic N) is 1. The third kappa shape index (κ3) is 2.05. The number of hydrogen-bond acceptors (Lipinski definition) is 1. The lowest BCUT2D eigenvalue weighted by Crippen LogP contribution is -2.44. The van der Waals surface area contributed by atoms with Gasteiger partial charge in [0.05, 0.1) is 0 Å². The van der Waals surface area contributed by atoms with Crippen LogP contribution >= 0.6 is 0 Å². The van der Waals surface area contributed by atoms with Crippen molar-refractivity contribution in [1.29, 1.82) is 0 Å². The highest BCUT2D eigenvalue weighted by molar-refractivity contribution is 5.77. The molecule has 1 saturated carbocycles. The fourth-order valence-corrected chi connectivity index (χ4v) is 3.48. The summed E-state index contributed by atoms with van der Waals surface area (Å²) in [6, 6.07) is 1.04. The Morgan fingerprint density at radius 3 is 2.41 bits per heavy atom. The molecule has 2 atom stereocenters. The predicted octanol–water partition coefficient (Wildman–Crippen LogP) is 3.20. The molecular formula is C15H21NO. The van der Waals surface area contributed by atoms with Crippen LogP contribution in [0.5, 0.6) is 0 Å². The molecule has 3 aliphatic rings. The van der Waals surface area contributed by atoms with Gasteiger partial charge in [-0.1, -0.05) is 17.2 Å². The Morgan fingerprint density at radius 2 is 1.88 bits per heavy atom. The summed E-state index contributed by atoms with van der Waals surface area (Å²) in [4.78, 5) is 14.4. The quantitative estimate of drug-likeness (QED) is 0.683. The molecule has 0 aromatic heterocycles. The molecule has 2 heteroatoms. The molecule has 0 N–H and O–H groups in total. The molecule has 2 aliphatic heterocycles. The van der Waals surface area contributed by atoms with Crippen LogP contribution in [-0.4, -0.2) is 22.9 Å². The Bertz CT molecular complexity index is 360. The standard InChI is InChI=1S/C15H21NO/c1-2-3-4-15(17)16-13-7-8-14(16)10-12(9-13)11-5-6-11/h2,13-14H,1,3-10H2. The van der Waals surface area contributed by atoms with Crippen LogP contribution in [0.15, 0.2) is 23.8 Å². The minimum atomic E-state index is 0.359. The summed E-state index contributed by atoms with van der Waals surface area (Å²) in [5.74, 6) is 0.359. The summed E-state index contributed by atoms with van der Waals surface area (Å²) in [7, 11) is 0. The average Bonchev–Trinajstić information content (AvgIpc) is 3.13. The maximum Gasteiger partial charge on any atom is 0.223 e. The van der Waals surface area contributed by atoms with Gasteiger partial charge in [0.1, 0.15) is 0 Å². The van der Waals surface area contributed by atoms with Crippen LogP contribution in [0.1, 0.15) is 51.4 Å². The molecule has 0 spiro atoms. The normalized spacial score (nSPS) is 30.7. The maximum atomic E-state index is 12.2. The summed E-state index contributed by atoms with van der Waals surface area (Å²) in [5, 5.41) is 0. The molecule has 1 aliphatic carbocycles. The second-order valence-electron chi connectivity index (χ2n) is 5.63. The van der Waals surface area contributed by atoms with E-state index in [1.54, 1.807) is 11.1 Å². The van der Waals surface area contributed by atoms with E-state index in [1.165, 1.54) is 38.5 Å². The van der Waals surface area contributed by atoms with Crippen molar-refractivity contribution < 1.29 is 4.79 Å². The average molecular weight is 231 g/mol. The number of carbonyl (C=O) groups is 1. The topological polar surface area (TPSA) is 20.3 Å². The summed E-state index contributed by atoms with van der Waals surface area (Å²) in [6.07, 6.45) is 10.8. The monoisotopic (exact) mass is 231 g/mol. The lowest BCUT2D eigenvalue weighted by atomic mass is 9.95. The molecule has 92 valence electrons. The zero-order chi connectivity index (χ0) is 11.8. The van der Waals surface area contributed by atoms with Crippen LogP contribution < -0.4 is 0 Å². The van der Waals surface area contributed by atoms with E-state index in [9.17, 15) is 4.79 Å². The minimum absolute atomic E-state index is 0.359. The van der Waals surface area contributed by atoms with Crippen LogP contribution in [-0.2, 0) is 4.79 Å². The molecule has 2 nitrogen and oxygen atoms in total. The molecule has 2 heterocycles. The van der Waals surface area contributed by atoms with Crippen molar-refractivity contribution in [3.8, 4) is 0 Å². The van der Waals surface area contributed by atoms with Crippen LogP contribution in [0.2, 0.25) is 0 Å². The van der Waals surface area contributed by atoms with Gasteiger partial charge in [-0.25, -0.2) is 0 Å². The molecule has 2 unspecified atom stereocenters. The first-order valence-corrected chi connectivity index (χ1v) is 6.91. The van der Waals surface area contributed by atoms with Gasteiger partial charge >= 0.3 is 0 Å². The second-order valence-corrected chi connectivity index (χ2v) is 5.63. The smallest absolute Gasteiger partial charge is 0.223 e. The highest BCUT2D eigenvalue weighted by Crippen LogP contribution is 2.44. The van der Waals surface area contributed by atoms with Crippen molar-refractivity contribution >= 4 is 5.91 Å². The van der Waals surface area contributed by atoms with Crippen LogP contribution in [0.25, 0.3) is 0 Å². The van der Waals surface area contributed by atoms with Crippen molar-refractivity contribution in [1.82, 2.24) is 4.90 Å². The van der Waals surface area contributed by atoms with Gasteiger partial charge in [0.15, 0.2) is 0 Å². The molecule has 0 aromatic rings. The lowest BCUT2D eigenvalue weighted by molar-refractivity contribution is -0.134. The Hall–Kier alpha value is -1.05. The molecule has 2 saturated heterocycles. The fourth-order valence-electron chi connectivity index (χ4n) is 3.48. The zero-order valence-corrected chi connectivity index (χ0v) is 10.5. The van der Waals surface area contributed by atoms with Crippen molar-refractivity contribution in [2.24, 2.45) is 0 Å². The summed E-state index contributed by atoms with van der Waals surface area (Å²) in [5.41, 5.74) is 3.41. The molecule has 0 radical (unpaired) electrons. The predicted molar refractivity (Wildman–Crippen MR) is 68.6 cm³/mol. The second kappa shape index (κ2) is 4.32. The van der Waals surface area contributed by atoms with Gasteiger partial charge < -0.3 is 4.90 Å². The Kier molecular flexibility index (Phi) is 2.81. The molecule has 0 aromatic carbocycles. The number of piperidine rings is 1. The SMILES string of the molecule is C=CCCC(=O)N1C2CCC1CC(=C1CC1)C2. The van der Waals surface area contributed by atoms with Gasteiger partial charge in [-0.2, -0.15) is 0 Å². The molecule has 1 amide bonds. The Labute approximate surface area is 103 Å². The van der Waals surface area contributed by atoms with Crippen molar-refractivity contribution in [2.45, 2.75) is 63.5 Å². The third-order valence-corrected chi connectivity index (χ3v) is 4.43. The summed E-state index contributed by atoms with van der Waals surface area (Å²) < 4.78 is 0. The Morgan fingerprint density at radius 1 is 1.24 bits per heavy atom. The number of rotatable bonds is 3. The van der Waals surface area contributed by atoms with E-state index in [-0.39, 0.29) is 0 Å². The number of carbonyl (C=O) groups excluding carboxylic acids is 1. The van der Waals surface area contributed by atoms with Gasteiger partial charge in [0.2, 0.25) is 5.91 Å². The maximum absolute atomic E-state index is 12.2. The fraction of sp³-hybridized carbons (Fsp3) is 0.667. The highest BCUT2D eigenvalue weighted by atomic mass is 16.2.